The summed E-state index contributed by atoms with van der Waals surface area (Å²) in [7, 11) is 0. The van der Waals surface area contributed by atoms with Crippen molar-refractivity contribution in [3.8, 4) is 0 Å². The van der Waals surface area contributed by atoms with Crippen molar-refractivity contribution in [2.75, 3.05) is 0 Å². The van der Waals surface area contributed by atoms with Crippen LogP contribution in [0.3, 0.4) is 0 Å². The lowest BCUT2D eigenvalue weighted by Gasteiger charge is -2.38. The molecule has 5 atom stereocenters. The highest BCUT2D eigenvalue weighted by atomic mass is 16.6. The molecule has 1 aliphatic heterocycles. The minimum Gasteiger partial charge on any atom is -0.479 e. The van der Waals surface area contributed by atoms with E-state index in [0.29, 0.717) is 6.42 Å². The molecule has 0 bridgehead atoms. The molecule has 0 aromatic rings. The Kier molecular flexibility index (Phi) is 3.43. The maximum absolute atomic E-state index is 10.6. The van der Waals surface area contributed by atoms with Gasteiger partial charge in [-0.05, 0) is 6.42 Å². The number of carboxylic acids is 1. The lowest BCUT2D eigenvalue weighted by Crippen LogP contribution is -2.59. The van der Waals surface area contributed by atoms with Gasteiger partial charge in [-0.25, -0.2) is 4.79 Å². The molecule has 0 aromatic heterocycles. The summed E-state index contributed by atoms with van der Waals surface area (Å²) in [6.07, 6.45) is -6.17. The normalized spacial score (nSPS) is 43.6. The van der Waals surface area contributed by atoms with Crippen LogP contribution < -0.4 is 0 Å². The minimum atomic E-state index is -1.59. The molecule has 0 amide bonds. The van der Waals surface area contributed by atoms with Crippen LogP contribution >= 0.6 is 0 Å². The molecule has 0 spiro atoms. The standard InChI is InChI=1S/C8H14O6/c1-2-3-4(9)5(10)6(11)7(14-3)8(12)13/h3-7,9-11H,2H2,1H3,(H,12,13)/t3-,4-,5+,6-,7-/m0/s1. The Labute approximate surface area is 80.7 Å². The fraction of sp³-hybridized carbons (Fsp3) is 0.875. The van der Waals surface area contributed by atoms with Crippen LogP contribution in [-0.4, -0.2) is 56.9 Å². The first-order valence-corrected chi connectivity index (χ1v) is 4.41. The first-order chi connectivity index (χ1) is 6.49. The largest absolute Gasteiger partial charge is 0.479 e. The van der Waals surface area contributed by atoms with Crippen LogP contribution in [0.4, 0.5) is 0 Å². The zero-order valence-electron chi connectivity index (χ0n) is 7.70. The van der Waals surface area contributed by atoms with E-state index in [2.05, 4.69) is 0 Å². The van der Waals surface area contributed by atoms with Gasteiger partial charge in [-0.2, -0.15) is 0 Å². The quantitative estimate of drug-likeness (QED) is 0.430. The molecule has 14 heavy (non-hydrogen) atoms. The summed E-state index contributed by atoms with van der Waals surface area (Å²) in [6.45, 7) is 1.69. The van der Waals surface area contributed by atoms with Gasteiger partial charge in [0.05, 0.1) is 6.10 Å². The number of carbonyl (C=O) groups is 1. The maximum Gasteiger partial charge on any atom is 0.335 e. The highest BCUT2D eigenvalue weighted by molar-refractivity contribution is 5.73. The monoisotopic (exact) mass is 206 g/mol. The molecule has 0 radical (unpaired) electrons. The van der Waals surface area contributed by atoms with Crippen LogP contribution in [0.1, 0.15) is 13.3 Å². The molecule has 1 rings (SSSR count). The molecule has 1 heterocycles. The van der Waals surface area contributed by atoms with E-state index in [1.165, 1.54) is 0 Å². The number of rotatable bonds is 2. The fourth-order valence-corrected chi connectivity index (χ4v) is 1.49. The third kappa shape index (κ3) is 1.88. The predicted octanol–water partition coefficient (Wildman–Crippen LogP) is -1.67. The summed E-state index contributed by atoms with van der Waals surface area (Å²) < 4.78 is 4.93. The summed E-state index contributed by atoms with van der Waals surface area (Å²) in [5, 5.41) is 36.6. The second-order valence-corrected chi connectivity index (χ2v) is 3.31. The number of aliphatic carboxylic acids is 1. The average molecular weight is 206 g/mol. The number of ether oxygens (including phenoxy) is 1. The highest BCUT2D eigenvalue weighted by Gasteiger charge is 2.45. The fourth-order valence-electron chi connectivity index (χ4n) is 1.49. The first kappa shape index (κ1) is 11.4. The van der Waals surface area contributed by atoms with E-state index in [4.69, 9.17) is 9.84 Å². The van der Waals surface area contributed by atoms with Crippen LogP contribution in [-0.2, 0) is 9.53 Å². The number of aliphatic hydroxyl groups excluding tert-OH is 3. The molecule has 6 nitrogen and oxygen atoms in total. The molecule has 0 unspecified atom stereocenters. The highest BCUT2D eigenvalue weighted by Crippen LogP contribution is 2.23. The molecular weight excluding hydrogens is 192 g/mol. The topological polar surface area (TPSA) is 107 Å². The Morgan fingerprint density at radius 3 is 2.21 bits per heavy atom. The number of carboxylic acid groups (broad SMARTS) is 1. The lowest BCUT2D eigenvalue weighted by atomic mass is 9.94. The van der Waals surface area contributed by atoms with E-state index in [-0.39, 0.29) is 0 Å². The van der Waals surface area contributed by atoms with Crippen molar-refractivity contribution in [2.45, 2.75) is 43.9 Å². The van der Waals surface area contributed by atoms with Gasteiger partial charge in [-0.15, -0.1) is 0 Å². The van der Waals surface area contributed by atoms with Gasteiger partial charge in [0.25, 0.3) is 0 Å². The molecular formula is C8H14O6. The maximum atomic E-state index is 10.6. The van der Waals surface area contributed by atoms with E-state index in [0.717, 1.165) is 0 Å². The lowest BCUT2D eigenvalue weighted by molar-refractivity contribution is -0.227. The zero-order chi connectivity index (χ0) is 10.9. The number of aliphatic hydroxyl groups is 3. The summed E-state index contributed by atoms with van der Waals surface area (Å²) in [5.41, 5.74) is 0. The van der Waals surface area contributed by atoms with E-state index in [1.807, 2.05) is 0 Å². The van der Waals surface area contributed by atoms with Crippen molar-refractivity contribution in [3.63, 3.8) is 0 Å². The number of hydrogen-bond donors (Lipinski definition) is 4. The molecule has 1 aliphatic rings. The average Bonchev–Trinajstić information content (AvgIpc) is 2.14. The minimum absolute atomic E-state index is 0.370. The zero-order valence-corrected chi connectivity index (χ0v) is 7.70. The van der Waals surface area contributed by atoms with Crippen LogP contribution in [0.5, 0.6) is 0 Å². The van der Waals surface area contributed by atoms with Crippen molar-refractivity contribution in [1.29, 1.82) is 0 Å². The van der Waals surface area contributed by atoms with Gasteiger partial charge in [0.15, 0.2) is 6.10 Å². The predicted molar refractivity (Wildman–Crippen MR) is 44.6 cm³/mol. The Hall–Kier alpha value is -0.690. The van der Waals surface area contributed by atoms with Gasteiger partial charge >= 0.3 is 5.97 Å². The molecule has 1 fully saturated rings. The van der Waals surface area contributed by atoms with Gasteiger partial charge in [-0.1, -0.05) is 6.92 Å². The summed E-state index contributed by atoms with van der Waals surface area (Å²) in [5.74, 6) is -1.35. The molecule has 4 N–H and O–H groups in total. The van der Waals surface area contributed by atoms with Gasteiger partial charge in [0.2, 0.25) is 0 Å². The van der Waals surface area contributed by atoms with E-state index in [1.54, 1.807) is 6.92 Å². The molecule has 0 aliphatic carbocycles. The Balaban J connectivity index is 2.78. The Morgan fingerprint density at radius 2 is 1.79 bits per heavy atom. The first-order valence-electron chi connectivity index (χ1n) is 4.41. The Morgan fingerprint density at radius 1 is 1.21 bits per heavy atom. The smallest absolute Gasteiger partial charge is 0.335 e. The van der Waals surface area contributed by atoms with E-state index in [9.17, 15) is 20.1 Å². The van der Waals surface area contributed by atoms with Crippen LogP contribution in [0.2, 0.25) is 0 Å². The summed E-state index contributed by atoms with van der Waals surface area (Å²) in [4.78, 5) is 10.6. The summed E-state index contributed by atoms with van der Waals surface area (Å²) >= 11 is 0. The van der Waals surface area contributed by atoms with Crippen molar-refractivity contribution >= 4 is 5.97 Å². The van der Waals surface area contributed by atoms with Gasteiger partial charge in [0, 0.05) is 0 Å². The summed E-state index contributed by atoms with van der Waals surface area (Å²) in [6, 6.07) is 0. The second-order valence-electron chi connectivity index (χ2n) is 3.31. The van der Waals surface area contributed by atoms with Crippen molar-refractivity contribution in [3.05, 3.63) is 0 Å². The van der Waals surface area contributed by atoms with E-state index < -0.39 is 36.5 Å². The molecule has 6 heteroatoms. The van der Waals surface area contributed by atoms with E-state index >= 15 is 0 Å². The molecule has 82 valence electrons. The van der Waals surface area contributed by atoms with Gasteiger partial charge in [-0.3, -0.25) is 0 Å². The molecule has 1 saturated heterocycles. The van der Waals surface area contributed by atoms with Crippen LogP contribution in [0, 0.1) is 0 Å². The third-order valence-corrected chi connectivity index (χ3v) is 2.36. The molecule has 0 saturated carbocycles. The second kappa shape index (κ2) is 4.22. The third-order valence-electron chi connectivity index (χ3n) is 2.36. The van der Waals surface area contributed by atoms with Crippen LogP contribution in [0.15, 0.2) is 0 Å². The Bertz CT molecular complexity index is 216. The van der Waals surface area contributed by atoms with Crippen molar-refractivity contribution in [2.24, 2.45) is 0 Å². The number of hydrogen-bond acceptors (Lipinski definition) is 5. The van der Waals surface area contributed by atoms with Gasteiger partial charge in [0.1, 0.15) is 18.3 Å². The van der Waals surface area contributed by atoms with Gasteiger partial charge < -0.3 is 25.2 Å². The SMILES string of the molecule is CC[C@@H]1O[C@H](C(=O)O)[C@@H](O)[C@H](O)[C@H]1O. The van der Waals surface area contributed by atoms with Crippen molar-refractivity contribution < 1.29 is 30.0 Å². The van der Waals surface area contributed by atoms with Crippen molar-refractivity contribution in [1.82, 2.24) is 0 Å². The van der Waals surface area contributed by atoms with Crippen LogP contribution in [0.25, 0.3) is 0 Å². The molecule has 0 aromatic carbocycles.